The number of rotatable bonds is 3. The molecule has 1 saturated heterocycles. The van der Waals surface area contributed by atoms with Crippen LogP contribution in [0.25, 0.3) is 0 Å². The first-order chi connectivity index (χ1) is 10.3. The van der Waals surface area contributed by atoms with E-state index in [1.807, 2.05) is 0 Å². The number of carboxylic acids is 1. The van der Waals surface area contributed by atoms with Gasteiger partial charge in [-0.15, -0.1) is 0 Å². The van der Waals surface area contributed by atoms with Crippen molar-refractivity contribution in [1.82, 2.24) is 10.2 Å². The number of hydrogen-bond donors (Lipinski definition) is 2. The smallest absolute Gasteiger partial charge is 0.394 e. The van der Waals surface area contributed by atoms with E-state index in [2.05, 4.69) is 5.32 Å². The predicted molar refractivity (Wildman–Crippen MR) is 72.2 cm³/mol. The van der Waals surface area contributed by atoms with Gasteiger partial charge in [0.15, 0.2) is 0 Å². The van der Waals surface area contributed by atoms with E-state index in [0.717, 1.165) is 30.6 Å². The number of carbonyl (C=O) groups is 2. The lowest BCUT2D eigenvalue weighted by Gasteiger charge is -2.24. The van der Waals surface area contributed by atoms with Crippen LogP contribution in [0.3, 0.4) is 0 Å². The third kappa shape index (κ3) is 4.04. The van der Waals surface area contributed by atoms with Crippen LogP contribution < -0.4 is 5.32 Å². The molecule has 1 heterocycles. The molecular weight excluding hydrogens is 301 g/mol. The molecule has 0 unspecified atom stereocenters. The van der Waals surface area contributed by atoms with Gasteiger partial charge in [-0.2, -0.15) is 13.2 Å². The second-order valence-electron chi connectivity index (χ2n) is 6.19. The van der Waals surface area contributed by atoms with Crippen LogP contribution >= 0.6 is 0 Å². The Morgan fingerprint density at radius 2 is 1.77 bits per heavy atom. The fourth-order valence-electron chi connectivity index (χ4n) is 3.29. The zero-order chi connectivity index (χ0) is 16.3. The first kappa shape index (κ1) is 16.9. The Bertz CT molecular complexity index is 422. The number of aliphatic carboxylic acids is 1. The lowest BCUT2D eigenvalue weighted by Crippen LogP contribution is -2.41. The molecule has 0 aromatic heterocycles. The molecule has 2 atom stereocenters. The number of alkyl halides is 3. The molecular formula is C14H21F3N2O3. The second-order valence-corrected chi connectivity index (χ2v) is 6.19. The summed E-state index contributed by atoms with van der Waals surface area (Å²) in [5.74, 6) is -4.72. The van der Waals surface area contributed by atoms with E-state index in [9.17, 15) is 22.8 Å². The van der Waals surface area contributed by atoms with Crippen molar-refractivity contribution in [1.29, 1.82) is 0 Å². The Kier molecular flexibility index (Phi) is 5.18. The van der Waals surface area contributed by atoms with Gasteiger partial charge in [-0.3, -0.25) is 4.79 Å². The van der Waals surface area contributed by atoms with Gasteiger partial charge in [0, 0.05) is 19.6 Å². The highest BCUT2D eigenvalue weighted by molar-refractivity contribution is 5.77. The molecule has 126 valence electrons. The van der Waals surface area contributed by atoms with Crippen LogP contribution in [0.4, 0.5) is 18.0 Å². The number of likely N-dealkylation sites (tertiary alicyclic amines) is 1. The topological polar surface area (TPSA) is 69.6 Å². The molecule has 8 heteroatoms. The van der Waals surface area contributed by atoms with Gasteiger partial charge in [-0.05, 0) is 18.8 Å². The molecule has 0 spiro atoms. The molecule has 2 fully saturated rings. The number of nitrogens with zero attached hydrogens (tertiary/aromatic N) is 1. The summed E-state index contributed by atoms with van der Waals surface area (Å²) in [4.78, 5) is 23.9. The highest BCUT2D eigenvalue weighted by Crippen LogP contribution is 2.37. The molecule has 2 rings (SSSR count). The third-order valence-corrected chi connectivity index (χ3v) is 4.61. The zero-order valence-corrected chi connectivity index (χ0v) is 12.2. The molecule has 0 aromatic rings. The molecule has 0 radical (unpaired) electrons. The van der Waals surface area contributed by atoms with Crippen molar-refractivity contribution in [3.8, 4) is 0 Å². The normalized spacial score (nSPS) is 27.0. The van der Waals surface area contributed by atoms with Crippen LogP contribution in [0.2, 0.25) is 0 Å². The lowest BCUT2D eigenvalue weighted by molar-refractivity contribution is -0.187. The van der Waals surface area contributed by atoms with Crippen LogP contribution in [-0.2, 0) is 4.79 Å². The van der Waals surface area contributed by atoms with Crippen LogP contribution in [0.15, 0.2) is 0 Å². The third-order valence-electron chi connectivity index (χ3n) is 4.61. The molecule has 1 saturated carbocycles. The van der Waals surface area contributed by atoms with Gasteiger partial charge in [0.2, 0.25) is 0 Å². The standard InChI is InChI=1S/C14H21F3N2O3/c15-14(16,17)11-8-19(7-10(11)12(20)21)13(22)18-6-9-4-2-1-3-5-9/h9-11H,1-8H2,(H,18,22)(H,20,21)/t10-,11-/m1/s1. The van der Waals surface area contributed by atoms with Crippen molar-refractivity contribution in [2.24, 2.45) is 17.8 Å². The fourth-order valence-corrected chi connectivity index (χ4v) is 3.29. The monoisotopic (exact) mass is 322 g/mol. The average molecular weight is 322 g/mol. The van der Waals surface area contributed by atoms with Gasteiger partial charge in [-0.1, -0.05) is 19.3 Å². The number of nitrogens with one attached hydrogen (secondary N) is 1. The van der Waals surface area contributed by atoms with Gasteiger partial charge in [-0.25, -0.2) is 4.79 Å². The Hall–Kier alpha value is -1.47. The van der Waals surface area contributed by atoms with E-state index in [-0.39, 0.29) is 0 Å². The largest absolute Gasteiger partial charge is 0.481 e. The van der Waals surface area contributed by atoms with Crippen LogP contribution in [0.1, 0.15) is 32.1 Å². The van der Waals surface area contributed by atoms with E-state index >= 15 is 0 Å². The number of amides is 2. The van der Waals surface area contributed by atoms with Crippen LogP contribution in [0.5, 0.6) is 0 Å². The van der Waals surface area contributed by atoms with Crippen molar-refractivity contribution in [3.05, 3.63) is 0 Å². The summed E-state index contributed by atoms with van der Waals surface area (Å²) in [6.45, 7) is -0.531. The maximum absolute atomic E-state index is 12.9. The first-order valence-electron chi connectivity index (χ1n) is 7.61. The minimum Gasteiger partial charge on any atom is -0.481 e. The molecule has 1 aliphatic carbocycles. The molecule has 22 heavy (non-hydrogen) atoms. The maximum atomic E-state index is 12.9. The molecule has 2 amide bonds. The van der Waals surface area contributed by atoms with Gasteiger partial charge in [0.25, 0.3) is 0 Å². The van der Waals surface area contributed by atoms with Crippen LogP contribution in [-0.4, -0.2) is 47.8 Å². The number of carboxylic acid groups (broad SMARTS) is 1. The van der Waals surface area contributed by atoms with Gasteiger partial charge in [0.1, 0.15) is 0 Å². The minimum absolute atomic E-state index is 0.369. The predicted octanol–water partition coefficient (Wildman–Crippen LogP) is 2.47. The molecule has 2 aliphatic rings. The summed E-state index contributed by atoms with van der Waals surface area (Å²) < 4.78 is 38.6. The molecule has 0 bridgehead atoms. The minimum atomic E-state index is -4.61. The van der Waals surface area contributed by atoms with Crippen molar-refractivity contribution in [2.75, 3.05) is 19.6 Å². The quantitative estimate of drug-likeness (QED) is 0.838. The van der Waals surface area contributed by atoms with Crippen molar-refractivity contribution in [2.45, 2.75) is 38.3 Å². The summed E-state index contributed by atoms with van der Waals surface area (Å²) in [5, 5.41) is 11.6. The lowest BCUT2D eigenvalue weighted by atomic mass is 9.89. The van der Waals surface area contributed by atoms with Gasteiger partial charge < -0.3 is 15.3 Å². The van der Waals surface area contributed by atoms with Crippen molar-refractivity contribution >= 4 is 12.0 Å². The van der Waals surface area contributed by atoms with E-state index < -0.39 is 43.1 Å². The fraction of sp³-hybridized carbons (Fsp3) is 0.857. The Morgan fingerprint density at radius 1 is 1.14 bits per heavy atom. The zero-order valence-electron chi connectivity index (χ0n) is 12.2. The summed E-state index contributed by atoms with van der Waals surface area (Å²) in [6.07, 6.45) is 0.834. The summed E-state index contributed by atoms with van der Waals surface area (Å²) in [6, 6.07) is -0.594. The highest BCUT2D eigenvalue weighted by Gasteiger charge is 2.53. The molecule has 0 aromatic carbocycles. The van der Waals surface area contributed by atoms with Gasteiger partial charge >= 0.3 is 18.2 Å². The number of urea groups is 1. The maximum Gasteiger partial charge on any atom is 0.394 e. The highest BCUT2D eigenvalue weighted by atomic mass is 19.4. The average Bonchev–Trinajstić information content (AvgIpc) is 2.91. The summed E-state index contributed by atoms with van der Waals surface area (Å²) in [7, 11) is 0. The van der Waals surface area contributed by atoms with E-state index in [0.29, 0.717) is 12.5 Å². The Balaban J connectivity index is 1.89. The number of hydrogen-bond acceptors (Lipinski definition) is 2. The number of carbonyl (C=O) groups excluding carboxylic acids is 1. The molecule has 2 N–H and O–H groups in total. The summed E-state index contributed by atoms with van der Waals surface area (Å²) in [5.41, 5.74) is 0. The van der Waals surface area contributed by atoms with Crippen molar-refractivity contribution in [3.63, 3.8) is 0 Å². The van der Waals surface area contributed by atoms with E-state index in [1.165, 1.54) is 6.42 Å². The Morgan fingerprint density at radius 3 is 2.27 bits per heavy atom. The molecule has 5 nitrogen and oxygen atoms in total. The van der Waals surface area contributed by atoms with Crippen LogP contribution in [0, 0.1) is 17.8 Å². The first-order valence-corrected chi connectivity index (χ1v) is 7.61. The van der Waals surface area contributed by atoms with E-state index in [1.54, 1.807) is 0 Å². The molecule has 1 aliphatic heterocycles. The Labute approximate surface area is 126 Å². The SMILES string of the molecule is O=C(O)[C@@H]1CN(C(=O)NCC2CCCCC2)C[C@H]1C(F)(F)F. The van der Waals surface area contributed by atoms with Gasteiger partial charge in [0.05, 0.1) is 11.8 Å². The van der Waals surface area contributed by atoms with Crippen molar-refractivity contribution < 1.29 is 27.9 Å². The number of halogens is 3. The summed E-state index contributed by atoms with van der Waals surface area (Å²) >= 11 is 0. The van der Waals surface area contributed by atoms with E-state index in [4.69, 9.17) is 5.11 Å². The second kappa shape index (κ2) is 6.75.